The van der Waals surface area contributed by atoms with Crippen molar-refractivity contribution in [3.63, 3.8) is 0 Å². The van der Waals surface area contributed by atoms with Crippen molar-refractivity contribution in [3.8, 4) is 11.1 Å². The first kappa shape index (κ1) is 22.7. The number of carbonyl (C=O) groups is 1. The predicted molar refractivity (Wildman–Crippen MR) is 120 cm³/mol. The molecule has 9 heteroatoms. The number of halogens is 1. The number of nitrogens with one attached hydrogen (secondary N) is 2. The number of aliphatic hydroxyl groups excluding tert-OH is 1. The molecule has 2 fully saturated rings. The van der Waals surface area contributed by atoms with Gasteiger partial charge in [-0.2, -0.15) is 0 Å². The summed E-state index contributed by atoms with van der Waals surface area (Å²) >= 11 is 0. The van der Waals surface area contributed by atoms with Crippen molar-refractivity contribution in [2.45, 2.75) is 31.3 Å². The fourth-order valence-corrected chi connectivity index (χ4v) is 5.59. The Morgan fingerprint density at radius 1 is 1.19 bits per heavy atom. The zero-order valence-corrected chi connectivity index (χ0v) is 18.7. The van der Waals surface area contributed by atoms with Crippen LogP contribution < -0.4 is 10.0 Å². The highest BCUT2D eigenvalue weighted by Crippen LogP contribution is 2.55. The monoisotopic (exact) mass is 461 g/mol. The van der Waals surface area contributed by atoms with Crippen molar-refractivity contribution in [1.82, 2.24) is 14.9 Å². The minimum atomic E-state index is -3.53. The Morgan fingerprint density at radius 2 is 1.91 bits per heavy atom. The number of rotatable bonds is 7. The van der Waals surface area contributed by atoms with Gasteiger partial charge in [0.1, 0.15) is 5.82 Å². The summed E-state index contributed by atoms with van der Waals surface area (Å²) in [6.45, 7) is 0.285. The van der Waals surface area contributed by atoms with Gasteiger partial charge in [0.25, 0.3) is 0 Å². The van der Waals surface area contributed by atoms with Gasteiger partial charge in [-0.25, -0.2) is 22.3 Å². The number of sulfonamides is 1. The van der Waals surface area contributed by atoms with E-state index in [1.54, 1.807) is 23.1 Å². The van der Waals surface area contributed by atoms with Crippen molar-refractivity contribution in [3.05, 3.63) is 59.9 Å². The minimum Gasteiger partial charge on any atom is -0.395 e. The SMILES string of the molecule is CS(=O)(=O)N[C@@H]1[C@H](Cc2cccc(-c3ccccc3)c2F)N(C(=O)NCCO)CC12CC2. The number of urea groups is 1. The number of hydrogen-bond donors (Lipinski definition) is 3. The van der Waals surface area contributed by atoms with E-state index in [0.29, 0.717) is 17.7 Å². The van der Waals surface area contributed by atoms with Crippen LogP contribution in [-0.4, -0.2) is 62.5 Å². The predicted octanol–water partition coefficient (Wildman–Crippen LogP) is 2.12. The first-order valence-corrected chi connectivity index (χ1v) is 12.6. The summed E-state index contributed by atoms with van der Waals surface area (Å²) in [7, 11) is -3.53. The van der Waals surface area contributed by atoms with E-state index in [1.165, 1.54) is 0 Å². The Balaban J connectivity index is 1.68. The van der Waals surface area contributed by atoms with Gasteiger partial charge in [0, 0.05) is 30.1 Å². The molecular formula is C23H28FN3O4S. The molecule has 2 atom stereocenters. The zero-order chi connectivity index (χ0) is 22.9. The van der Waals surface area contributed by atoms with E-state index in [1.807, 2.05) is 30.3 Å². The quantitative estimate of drug-likeness (QED) is 0.588. The molecule has 0 aromatic heterocycles. The summed E-state index contributed by atoms with van der Waals surface area (Å²) in [5, 5.41) is 11.7. The second-order valence-electron chi connectivity index (χ2n) is 8.73. The third-order valence-corrected chi connectivity index (χ3v) is 7.09. The van der Waals surface area contributed by atoms with Crippen LogP contribution in [0.25, 0.3) is 11.1 Å². The largest absolute Gasteiger partial charge is 0.395 e. The number of amides is 2. The number of likely N-dealkylation sites (tertiary alicyclic amines) is 1. The molecule has 1 spiro atoms. The molecule has 0 bridgehead atoms. The smallest absolute Gasteiger partial charge is 0.317 e. The highest BCUT2D eigenvalue weighted by atomic mass is 32.2. The van der Waals surface area contributed by atoms with Gasteiger partial charge >= 0.3 is 6.03 Å². The van der Waals surface area contributed by atoms with Crippen LogP contribution in [0.3, 0.4) is 0 Å². The molecule has 0 radical (unpaired) electrons. The number of benzene rings is 2. The zero-order valence-electron chi connectivity index (χ0n) is 17.9. The lowest BCUT2D eigenvalue weighted by molar-refractivity contribution is 0.184. The number of nitrogens with zero attached hydrogens (tertiary/aromatic N) is 1. The van der Waals surface area contributed by atoms with Crippen LogP contribution in [0.1, 0.15) is 18.4 Å². The van der Waals surface area contributed by atoms with Gasteiger partial charge in [-0.3, -0.25) is 0 Å². The molecule has 7 nitrogen and oxygen atoms in total. The van der Waals surface area contributed by atoms with Crippen molar-refractivity contribution < 1.29 is 22.7 Å². The van der Waals surface area contributed by atoms with E-state index in [9.17, 15) is 13.2 Å². The summed E-state index contributed by atoms with van der Waals surface area (Å²) in [6.07, 6.45) is 2.87. The Bertz CT molecular complexity index is 1090. The van der Waals surface area contributed by atoms with Crippen molar-refractivity contribution in [2.24, 2.45) is 5.41 Å². The van der Waals surface area contributed by atoms with E-state index >= 15 is 4.39 Å². The third-order valence-electron chi connectivity index (χ3n) is 6.40. The molecule has 1 saturated heterocycles. The van der Waals surface area contributed by atoms with Crippen LogP contribution in [-0.2, 0) is 16.4 Å². The second-order valence-corrected chi connectivity index (χ2v) is 10.5. The first-order valence-electron chi connectivity index (χ1n) is 10.7. The lowest BCUT2D eigenvalue weighted by atomic mass is 9.91. The summed E-state index contributed by atoms with van der Waals surface area (Å²) in [5.74, 6) is -0.371. The van der Waals surface area contributed by atoms with E-state index in [4.69, 9.17) is 5.11 Å². The number of carbonyl (C=O) groups excluding carboxylic acids is 1. The van der Waals surface area contributed by atoms with Crippen LogP contribution >= 0.6 is 0 Å². The maximum Gasteiger partial charge on any atom is 0.317 e. The molecular weight excluding hydrogens is 433 g/mol. The fourth-order valence-electron chi connectivity index (χ4n) is 4.73. The molecule has 2 amide bonds. The van der Waals surface area contributed by atoms with E-state index in [0.717, 1.165) is 24.7 Å². The molecule has 0 unspecified atom stereocenters. The van der Waals surface area contributed by atoms with Crippen molar-refractivity contribution >= 4 is 16.1 Å². The van der Waals surface area contributed by atoms with Gasteiger partial charge in [-0.1, -0.05) is 48.5 Å². The topological polar surface area (TPSA) is 98.7 Å². The highest BCUT2D eigenvalue weighted by molar-refractivity contribution is 7.88. The Labute approximate surface area is 187 Å². The molecule has 1 aliphatic heterocycles. The second kappa shape index (κ2) is 8.80. The van der Waals surface area contributed by atoms with Gasteiger partial charge in [0.2, 0.25) is 10.0 Å². The van der Waals surface area contributed by atoms with Crippen LogP contribution in [0, 0.1) is 11.2 Å². The maximum atomic E-state index is 15.5. The Hall–Kier alpha value is -2.49. The Morgan fingerprint density at radius 3 is 2.53 bits per heavy atom. The number of aliphatic hydroxyl groups is 1. The normalized spacial score (nSPS) is 21.7. The molecule has 32 heavy (non-hydrogen) atoms. The van der Waals surface area contributed by atoms with Crippen LogP contribution in [0.5, 0.6) is 0 Å². The van der Waals surface area contributed by atoms with Gasteiger partial charge < -0.3 is 15.3 Å². The van der Waals surface area contributed by atoms with Crippen molar-refractivity contribution in [2.75, 3.05) is 26.0 Å². The van der Waals surface area contributed by atoms with Gasteiger partial charge in [0.15, 0.2) is 0 Å². The molecule has 1 heterocycles. The Kier molecular flexibility index (Phi) is 6.24. The lowest BCUT2D eigenvalue weighted by Gasteiger charge is -2.29. The van der Waals surface area contributed by atoms with E-state index in [2.05, 4.69) is 10.0 Å². The lowest BCUT2D eigenvalue weighted by Crippen LogP contribution is -2.51. The third kappa shape index (κ3) is 4.65. The van der Waals surface area contributed by atoms with Gasteiger partial charge in [-0.05, 0) is 30.4 Å². The molecule has 4 rings (SSSR count). The molecule has 172 valence electrons. The summed E-state index contributed by atoms with van der Waals surface area (Å²) in [4.78, 5) is 14.4. The first-order chi connectivity index (χ1) is 15.2. The molecule has 2 aliphatic rings. The molecule has 3 N–H and O–H groups in total. The van der Waals surface area contributed by atoms with Crippen LogP contribution in [0.15, 0.2) is 48.5 Å². The highest BCUT2D eigenvalue weighted by Gasteiger charge is 2.61. The summed E-state index contributed by atoms with van der Waals surface area (Å²) < 4.78 is 42.5. The molecule has 1 aliphatic carbocycles. The van der Waals surface area contributed by atoms with E-state index < -0.39 is 22.1 Å². The maximum absolute atomic E-state index is 15.5. The average Bonchev–Trinajstić information content (AvgIpc) is 3.48. The minimum absolute atomic E-state index is 0.0943. The van der Waals surface area contributed by atoms with Gasteiger partial charge in [-0.15, -0.1) is 0 Å². The summed E-state index contributed by atoms with van der Waals surface area (Å²) in [5.41, 5.74) is 1.30. The van der Waals surface area contributed by atoms with Crippen LogP contribution in [0.2, 0.25) is 0 Å². The standard InChI is InChI=1S/C23H28FN3O4S/c1-32(30,31)26-21-19(27(15-23(21)10-11-23)22(29)25-12-13-28)14-17-8-5-9-18(20(17)24)16-6-3-2-4-7-16/h2-9,19,21,26,28H,10-15H2,1H3,(H,25,29)/t19-,21+/m0/s1. The van der Waals surface area contributed by atoms with Crippen LogP contribution in [0.4, 0.5) is 9.18 Å². The van der Waals surface area contributed by atoms with Crippen molar-refractivity contribution in [1.29, 1.82) is 0 Å². The molecule has 1 saturated carbocycles. The van der Waals surface area contributed by atoms with Gasteiger partial charge in [0.05, 0.1) is 18.9 Å². The summed E-state index contributed by atoms with van der Waals surface area (Å²) in [6, 6.07) is 12.9. The van der Waals surface area contributed by atoms with E-state index in [-0.39, 0.29) is 36.8 Å². The average molecular weight is 462 g/mol. The fraction of sp³-hybridized carbons (Fsp3) is 0.435. The molecule has 2 aromatic carbocycles. The number of hydrogen-bond acceptors (Lipinski definition) is 4. The molecule has 2 aromatic rings.